The molecule has 1 aliphatic rings. The van der Waals surface area contributed by atoms with Crippen LogP contribution in [0.25, 0.3) is 0 Å². The van der Waals surface area contributed by atoms with Crippen molar-refractivity contribution in [1.82, 2.24) is 10.1 Å². The lowest BCUT2D eigenvalue weighted by atomic mass is 9.93. The van der Waals surface area contributed by atoms with Crippen molar-refractivity contribution in [2.45, 2.75) is 46.2 Å². The van der Waals surface area contributed by atoms with Gasteiger partial charge < -0.3 is 19.3 Å². The van der Waals surface area contributed by atoms with Crippen LogP contribution in [-0.2, 0) is 16.3 Å². The van der Waals surface area contributed by atoms with Gasteiger partial charge in [-0.25, -0.2) is 4.79 Å². The first kappa shape index (κ1) is 32.5. The number of ether oxygens (including phenoxy) is 2. The van der Waals surface area contributed by atoms with Gasteiger partial charge in [0.2, 0.25) is 0 Å². The molecule has 2 aromatic carbocycles. The summed E-state index contributed by atoms with van der Waals surface area (Å²) in [5.74, 6) is 6.33. The van der Waals surface area contributed by atoms with Crippen molar-refractivity contribution >= 4 is 17.5 Å². The Labute approximate surface area is 244 Å². The van der Waals surface area contributed by atoms with Gasteiger partial charge in [-0.2, -0.15) is 13.2 Å². The van der Waals surface area contributed by atoms with Crippen LogP contribution in [0.4, 0.5) is 29.5 Å². The normalized spacial score (nSPS) is 13.7. The second-order valence-electron chi connectivity index (χ2n) is 10.2. The first-order chi connectivity index (χ1) is 20.0. The summed E-state index contributed by atoms with van der Waals surface area (Å²) < 4.78 is 57.1. The van der Waals surface area contributed by atoms with Gasteiger partial charge in [-0.15, -0.1) is 0 Å². The summed E-state index contributed by atoms with van der Waals surface area (Å²) in [4.78, 5) is 14.4. The number of hydrogen-bond donors (Lipinski definition) is 2. The number of halogens is 3. The minimum absolute atomic E-state index is 0.142. The van der Waals surface area contributed by atoms with Crippen molar-refractivity contribution in [3.8, 4) is 17.6 Å². The molecule has 1 aromatic heterocycles. The van der Waals surface area contributed by atoms with Crippen molar-refractivity contribution in [3.63, 3.8) is 0 Å². The number of nitrogens with one attached hydrogen (secondary N) is 2. The van der Waals surface area contributed by atoms with E-state index in [1.165, 1.54) is 12.1 Å². The second-order valence-corrected chi connectivity index (χ2v) is 10.2. The molecule has 0 bridgehead atoms. The van der Waals surface area contributed by atoms with E-state index in [0.717, 1.165) is 19.2 Å². The van der Waals surface area contributed by atoms with E-state index >= 15 is 0 Å². The monoisotopic (exact) mass is 586 g/mol. The van der Waals surface area contributed by atoms with E-state index in [9.17, 15) is 18.0 Å². The zero-order valence-corrected chi connectivity index (χ0v) is 24.5. The first-order valence-corrected chi connectivity index (χ1v) is 13.8. The average molecular weight is 587 g/mol. The van der Waals surface area contributed by atoms with Gasteiger partial charge in [0.05, 0.1) is 18.8 Å². The van der Waals surface area contributed by atoms with Crippen molar-refractivity contribution < 1.29 is 32.0 Å². The molecule has 2 heterocycles. The van der Waals surface area contributed by atoms with Gasteiger partial charge in [-0.05, 0) is 42.5 Å². The maximum absolute atomic E-state index is 13.7. The molecule has 2 amide bonds. The van der Waals surface area contributed by atoms with Crippen LogP contribution in [0.1, 0.15) is 57.1 Å². The molecule has 0 saturated carbocycles. The molecule has 42 heavy (non-hydrogen) atoms. The zero-order chi connectivity index (χ0) is 30.8. The van der Waals surface area contributed by atoms with Crippen LogP contribution in [0.5, 0.6) is 5.75 Å². The molecule has 1 aliphatic heterocycles. The number of carbonyl (C=O) groups excluding carboxylic acids is 1. The molecule has 0 atom stereocenters. The molecular formula is C31H37F3N4O4. The van der Waals surface area contributed by atoms with Crippen molar-refractivity contribution in [2.24, 2.45) is 0 Å². The molecule has 0 spiro atoms. The fourth-order valence-corrected chi connectivity index (χ4v) is 3.81. The number of urea groups is 1. The second kappa shape index (κ2) is 14.8. The third kappa shape index (κ3) is 9.82. The Morgan fingerprint density at radius 1 is 0.976 bits per heavy atom. The molecule has 4 rings (SSSR count). The standard InChI is InChI=1S/C29H31F3N4O4.C2H6/c1-28(2,3)25-19-26(35-40-25)34-27(37)33-22-9-6-20(7-10-22)4-5-21-8-11-24(23(18-21)29(30,31)32)39-17-14-36-12-15-38-16-13-36;1-2/h6-11,18-19H,12-17H2,1-3H3,(H2,33,34,35,37);1-2H3. The number of anilines is 2. The van der Waals surface area contributed by atoms with Crippen molar-refractivity contribution in [2.75, 3.05) is 50.1 Å². The Kier molecular flexibility index (Phi) is 11.4. The molecule has 2 N–H and O–H groups in total. The van der Waals surface area contributed by atoms with E-state index in [1.54, 1.807) is 30.3 Å². The van der Waals surface area contributed by atoms with Gasteiger partial charge in [0.1, 0.15) is 18.1 Å². The predicted octanol–water partition coefficient (Wildman–Crippen LogP) is 6.77. The summed E-state index contributed by atoms with van der Waals surface area (Å²) in [7, 11) is 0. The van der Waals surface area contributed by atoms with E-state index in [1.807, 2.05) is 34.6 Å². The summed E-state index contributed by atoms with van der Waals surface area (Å²) in [6.07, 6.45) is -4.58. The highest BCUT2D eigenvalue weighted by molar-refractivity contribution is 5.99. The van der Waals surface area contributed by atoms with E-state index < -0.39 is 17.8 Å². The maximum Gasteiger partial charge on any atom is 0.420 e. The molecule has 1 fully saturated rings. The van der Waals surface area contributed by atoms with Crippen LogP contribution in [0.3, 0.4) is 0 Å². The van der Waals surface area contributed by atoms with E-state index in [-0.39, 0.29) is 29.2 Å². The van der Waals surface area contributed by atoms with E-state index in [4.69, 9.17) is 14.0 Å². The fraction of sp³-hybridized carbons (Fsp3) is 0.419. The number of nitrogens with zero attached hydrogens (tertiary/aromatic N) is 2. The largest absolute Gasteiger partial charge is 0.492 e. The van der Waals surface area contributed by atoms with Crippen LogP contribution in [0, 0.1) is 11.8 Å². The van der Waals surface area contributed by atoms with Crippen LogP contribution in [0.15, 0.2) is 53.1 Å². The number of alkyl halides is 3. The lowest BCUT2D eigenvalue weighted by Crippen LogP contribution is -2.38. The van der Waals surface area contributed by atoms with Crippen LogP contribution in [-0.4, -0.2) is 55.5 Å². The number of amides is 2. The summed E-state index contributed by atoms with van der Waals surface area (Å²) >= 11 is 0. The number of carbonyl (C=O) groups is 1. The predicted molar refractivity (Wildman–Crippen MR) is 156 cm³/mol. The summed E-state index contributed by atoms with van der Waals surface area (Å²) in [6, 6.07) is 11.5. The molecule has 0 unspecified atom stereocenters. The highest BCUT2D eigenvalue weighted by atomic mass is 19.4. The highest BCUT2D eigenvalue weighted by Crippen LogP contribution is 2.36. The Balaban J connectivity index is 0.00000237. The molecule has 0 radical (unpaired) electrons. The third-order valence-corrected chi connectivity index (χ3v) is 6.04. The number of benzene rings is 2. The minimum atomic E-state index is -4.58. The third-order valence-electron chi connectivity index (χ3n) is 6.04. The number of morpholine rings is 1. The lowest BCUT2D eigenvalue weighted by molar-refractivity contribution is -0.139. The van der Waals surface area contributed by atoms with Crippen molar-refractivity contribution in [3.05, 3.63) is 71.0 Å². The smallest absolute Gasteiger partial charge is 0.420 e. The van der Waals surface area contributed by atoms with Crippen LogP contribution in [0.2, 0.25) is 0 Å². The van der Waals surface area contributed by atoms with Gasteiger partial charge in [-0.1, -0.05) is 51.6 Å². The Hall–Kier alpha value is -4.01. The Morgan fingerprint density at radius 2 is 1.62 bits per heavy atom. The van der Waals surface area contributed by atoms with E-state index in [2.05, 4.69) is 32.5 Å². The van der Waals surface area contributed by atoms with Gasteiger partial charge in [0.25, 0.3) is 0 Å². The Bertz CT molecular complexity index is 1360. The van der Waals surface area contributed by atoms with Crippen LogP contribution < -0.4 is 15.4 Å². The number of hydrogen-bond acceptors (Lipinski definition) is 6. The van der Waals surface area contributed by atoms with Gasteiger partial charge in [0, 0.05) is 47.9 Å². The van der Waals surface area contributed by atoms with Crippen molar-refractivity contribution in [1.29, 1.82) is 0 Å². The minimum Gasteiger partial charge on any atom is -0.492 e. The SMILES string of the molecule is CC.CC(C)(C)c1cc(NC(=O)Nc2ccc(C#Cc3ccc(OCCN4CCOCC4)c(C(F)(F)F)c3)cc2)no1. The molecule has 1 saturated heterocycles. The quantitative estimate of drug-likeness (QED) is 0.310. The molecule has 0 aliphatic carbocycles. The average Bonchev–Trinajstić information content (AvgIpc) is 3.43. The Morgan fingerprint density at radius 3 is 2.24 bits per heavy atom. The summed E-state index contributed by atoms with van der Waals surface area (Å²) in [5.41, 5.74) is 0.163. The van der Waals surface area contributed by atoms with E-state index in [0.29, 0.717) is 36.8 Å². The first-order valence-electron chi connectivity index (χ1n) is 13.8. The maximum atomic E-state index is 13.7. The van der Waals surface area contributed by atoms with Gasteiger partial charge in [0.15, 0.2) is 5.82 Å². The molecule has 8 nitrogen and oxygen atoms in total. The van der Waals surface area contributed by atoms with Gasteiger partial charge >= 0.3 is 12.2 Å². The van der Waals surface area contributed by atoms with Gasteiger partial charge in [-0.3, -0.25) is 10.2 Å². The molecule has 3 aromatic rings. The zero-order valence-electron chi connectivity index (χ0n) is 24.5. The molecular weight excluding hydrogens is 549 g/mol. The number of aromatic nitrogens is 1. The summed E-state index contributed by atoms with van der Waals surface area (Å²) in [5, 5.41) is 9.12. The van der Waals surface area contributed by atoms with Crippen LogP contribution >= 0.6 is 0 Å². The molecule has 226 valence electrons. The lowest BCUT2D eigenvalue weighted by Gasteiger charge is -2.26. The molecule has 11 heteroatoms. The number of rotatable bonds is 6. The topological polar surface area (TPSA) is 88.9 Å². The summed E-state index contributed by atoms with van der Waals surface area (Å²) in [6.45, 7) is 13.2. The fourth-order valence-electron chi connectivity index (χ4n) is 3.81. The highest BCUT2D eigenvalue weighted by Gasteiger charge is 2.34.